The largest absolute Gasteiger partial charge is 0.0697 e. The van der Waals surface area contributed by atoms with Crippen LogP contribution in [-0.4, -0.2) is 8.07 Å². The smallest absolute Gasteiger partial charge is 0.0411 e. The molecule has 6 heavy (non-hydrogen) atoms. The minimum atomic E-state index is -0.611. The maximum Gasteiger partial charge on any atom is 0.0411 e. The molecule has 0 saturated heterocycles. The van der Waals surface area contributed by atoms with Crippen LogP contribution in [0, 0.1) is 0 Å². The molecule has 0 unspecified atom stereocenters. The third kappa shape index (κ3) is 87.9. The number of hydrogen-bond donors (Lipinski definition) is 0. The Hall–Kier alpha value is 0.931. The van der Waals surface area contributed by atoms with E-state index < -0.39 is 8.07 Å². The van der Waals surface area contributed by atoms with Crippen LogP contribution < -0.4 is 0 Å². The van der Waals surface area contributed by atoms with Gasteiger partial charge < -0.3 is 0 Å². The molecule has 0 aromatic heterocycles. The summed E-state index contributed by atoms with van der Waals surface area (Å²) in [7, 11) is -0.611. The molecule has 0 aliphatic carbocycles. The van der Waals surface area contributed by atoms with Gasteiger partial charge in [0.2, 0.25) is 0 Å². The molecule has 0 amide bonds. The van der Waals surface area contributed by atoms with Crippen LogP contribution in [-0.2, 0) is 21.7 Å². The van der Waals surface area contributed by atoms with Gasteiger partial charge in [0, 0.05) is 29.8 Å². The topological polar surface area (TPSA) is 0 Å². The second-order valence-corrected chi connectivity index (χ2v) is 9.00. The fourth-order valence-corrected chi connectivity index (χ4v) is 0. The van der Waals surface area contributed by atoms with Crippen molar-refractivity contribution in [1.29, 1.82) is 0 Å². The van der Waals surface area contributed by atoms with Crippen molar-refractivity contribution >= 4 is 8.07 Å². The monoisotopic (exact) mass is 136 g/mol. The minimum absolute atomic E-state index is 0. The Morgan fingerprint density at radius 3 is 0.833 bits per heavy atom. The summed E-state index contributed by atoms with van der Waals surface area (Å²) < 4.78 is 0. The Kier molecular flexibility index (Phi) is 5.02. The summed E-state index contributed by atoms with van der Waals surface area (Å²) >= 11 is 0. The summed E-state index contributed by atoms with van der Waals surface area (Å²) in [4.78, 5) is 0. The Balaban J connectivity index is 0. The van der Waals surface area contributed by atoms with Gasteiger partial charge in [-0.2, -0.15) is 0 Å². The fraction of sp³-hybridized carbons (Fsp3) is 1.00. The normalized spacial score (nSPS) is 10.0. The van der Waals surface area contributed by atoms with Crippen molar-refractivity contribution in [2.75, 3.05) is 0 Å². The predicted octanol–water partition coefficient (Wildman–Crippen LogP) is 1.95. The molecule has 0 aliphatic heterocycles. The molecular weight excluding hydrogens is 124 g/mol. The summed E-state index contributed by atoms with van der Waals surface area (Å²) in [6.07, 6.45) is 0. The quantitative estimate of drug-likeness (QED) is 0.446. The summed E-state index contributed by atoms with van der Waals surface area (Å²) in [6.45, 7) is 9.31. The molecule has 0 fully saturated rings. The van der Waals surface area contributed by atoms with Gasteiger partial charge in [0.05, 0.1) is 0 Å². The molecule has 0 saturated carbocycles. The first-order chi connectivity index (χ1) is 2.00. The van der Waals surface area contributed by atoms with Crippen LogP contribution in [0.2, 0.25) is 26.2 Å². The molecule has 0 aromatic rings. The maximum absolute atomic E-state index is 2.33. The van der Waals surface area contributed by atoms with Crippen molar-refractivity contribution in [3.05, 3.63) is 0 Å². The van der Waals surface area contributed by atoms with Crippen LogP contribution in [0.1, 0.15) is 0 Å². The molecule has 0 nitrogen and oxygen atoms in total. The zero-order chi connectivity index (χ0) is 4.50. The van der Waals surface area contributed by atoms with Gasteiger partial charge in [0.15, 0.2) is 0 Å². The molecule has 2 heteroatoms. The van der Waals surface area contributed by atoms with Gasteiger partial charge in [0.1, 0.15) is 0 Å². The maximum atomic E-state index is 2.33. The second kappa shape index (κ2) is 3.00. The van der Waals surface area contributed by atoms with Crippen LogP contribution in [0.5, 0.6) is 0 Å². The van der Waals surface area contributed by atoms with Crippen LogP contribution in [0.15, 0.2) is 0 Å². The van der Waals surface area contributed by atoms with Crippen molar-refractivity contribution in [1.82, 2.24) is 0 Å². The van der Waals surface area contributed by atoms with E-state index in [2.05, 4.69) is 26.2 Å². The second-order valence-electron chi connectivity index (χ2n) is 3.00. The van der Waals surface area contributed by atoms with Gasteiger partial charge >= 0.3 is 0 Å². The van der Waals surface area contributed by atoms with Crippen LogP contribution in [0.3, 0.4) is 0 Å². The van der Waals surface area contributed by atoms with E-state index in [4.69, 9.17) is 0 Å². The predicted molar refractivity (Wildman–Crippen MR) is 29.2 cm³/mol. The van der Waals surface area contributed by atoms with Gasteiger partial charge in [0.25, 0.3) is 0 Å². The Labute approximate surface area is 56.2 Å². The zero-order valence-electron chi connectivity index (χ0n) is 5.00. The first-order valence-electron chi connectivity index (χ1n) is 2.00. The third-order valence-corrected chi connectivity index (χ3v) is 0. The molecule has 0 spiro atoms. The standard InChI is InChI=1S/C4H12Si.Ti/c1-5(2,3)4;/h1-4H3;. The van der Waals surface area contributed by atoms with Crippen LogP contribution >= 0.6 is 0 Å². The van der Waals surface area contributed by atoms with Gasteiger partial charge in [-0.3, -0.25) is 0 Å². The van der Waals surface area contributed by atoms with Gasteiger partial charge in [-0.25, -0.2) is 0 Å². The summed E-state index contributed by atoms with van der Waals surface area (Å²) in [6, 6.07) is 0. The molecule has 0 atom stereocenters. The van der Waals surface area contributed by atoms with Gasteiger partial charge in [-0.1, -0.05) is 26.2 Å². The first kappa shape index (κ1) is 10.0. The van der Waals surface area contributed by atoms with Crippen molar-refractivity contribution in [3.63, 3.8) is 0 Å². The van der Waals surface area contributed by atoms with Gasteiger partial charge in [-0.05, 0) is 0 Å². The zero-order valence-corrected chi connectivity index (χ0v) is 7.56. The van der Waals surface area contributed by atoms with Crippen molar-refractivity contribution in [3.8, 4) is 0 Å². The average molecular weight is 136 g/mol. The molecule has 0 aliphatic rings. The Morgan fingerprint density at radius 2 is 0.833 bits per heavy atom. The summed E-state index contributed by atoms with van der Waals surface area (Å²) in [5, 5.41) is 0. The van der Waals surface area contributed by atoms with Crippen molar-refractivity contribution in [2.24, 2.45) is 0 Å². The van der Waals surface area contributed by atoms with Crippen molar-refractivity contribution < 1.29 is 21.7 Å². The summed E-state index contributed by atoms with van der Waals surface area (Å²) in [5.41, 5.74) is 0. The van der Waals surface area contributed by atoms with E-state index in [1.54, 1.807) is 0 Å². The fourth-order valence-electron chi connectivity index (χ4n) is 0. The first-order valence-corrected chi connectivity index (χ1v) is 6.00. The van der Waals surface area contributed by atoms with Crippen molar-refractivity contribution in [2.45, 2.75) is 26.2 Å². The van der Waals surface area contributed by atoms with E-state index in [9.17, 15) is 0 Å². The van der Waals surface area contributed by atoms with E-state index in [1.165, 1.54) is 0 Å². The SMILES string of the molecule is C[Si](C)(C)C.[Ti]. The molecule has 0 aromatic carbocycles. The van der Waals surface area contributed by atoms with E-state index in [0.29, 0.717) is 0 Å². The Morgan fingerprint density at radius 1 is 0.833 bits per heavy atom. The number of hydrogen-bond acceptors (Lipinski definition) is 0. The molecule has 0 N–H and O–H groups in total. The van der Waals surface area contributed by atoms with E-state index >= 15 is 0 Å². The van der Waals surface area contributed by atoms with E-state index in [1.807, 2.05) is 0 Å². The third-order valence-electron chi connectivity index (χ3n) is 0. The molecule has 0 radical (unpaired) electrons. The molecule has 0 rings (SSSR count). The number of rotatable bonds is 0. The average Bonchev–Trinajstić information content (AvgIpc) is 0.722. The Bertz CT molecular complexity index is 23.0. The van der Waals surface area contributed by atoms with Crippen LogP contribution in [0.25, 0.3) is 0 Å². The molecule has 0 bridgehead atoms. The minimum Gasteiger partial charge on any atom is -0.0697 e. The van der Waals surface area contributed by atoms with Gasteiger partial charge in [-0.15, -0.1) is 0 Å². The molecular formula is C4H12SiTi. The molecule has 0 heterocycles. The van der Waals surface area contributed by atoms with E-state index in [0.717, 1.165) is 0 Å². The van der Waals surface area contributed by atoms with Crippen LogP contribution in [0.4, 0.5) is 0 Å². The molecule has 36 valence electrons. The van der Waals surface area contributed by atoms with E-state index in [-0.39, 0.29) is 21.7 Å². The summed E-state index contributed by atoms with van der Waals surface area (Å²) in [5.74, 6) is 0.